The smallest absolute Gasteiger partial charge is 0.226 e. The molecule has 1 aliphatic heterocycles. The van der Waals surface area contributed by atoms with Crippen LogP contribution < -0.4 is 10.6 Å². The Kier molecular flexibility index (Phi) is 4.85. The Bertz CT molecular complexity index is 630. The Labute approximate surface area is 135 Å². The van der Waals surface area contributed by atoms with Gasteiger partial charge in [0.1, 0.15) is 0 Å². The summed E-state index contributed by atoms with van der Waals surface area (Å²) in [6.45, 7) is 4.19. The molecule has 0 saturated carbocycles. The van der Waals surface area contributed by atoms with Crippen LogP contribution in [0.3, 0.4) is 0 Å². The normalized spacial score (nSPS) is 17.6. The third-order valence-corrected chi connectivity index (χ3v) is 4.80. The number of thiazole rings is 1. The number of carbonyl (C=O) groups excluding carboxylic acids is 1. The molecular formula is C17H21N3OS. The number of rotatable bonds is 5. The number of aryl methyl sites for hydroxylation is 1. The van der Waals surface area contributed by atoms with Gasteiger partial charge in [-0.1, -0.05) is 29.8 Å². The molecule has 1 atom stereocenters. The minimum absolute atomic E-state index is 0.0664. The maximum Gasteiger partial charge on any atom is 0.226 e. The fourth-order valence-electron chi connectivity index (χ4n) is 2.67. The van der Waals surface area contributed by atoms with Crippen molar-refractivity contribution in [2.75, 3.05) is 18.4 Å². The van der Waals surface area contributed by atoms with Crippen LogP contribution in [-0.2, 0) is 4.79 Å². The third-order valence-electron chi connectivity index (χ3n) is 4.04. The number of aromatic nitrogens is 1. The van der Waals surface area contributed by atoms with Crippen LogP contribution in [0.5, 0.6) is 0 Å². The summed E-state index contributed by atoms with van der Waals surface area (Å²) in [7, 11) is 0. The number of hydrogen-bond acceptors (Lipinski definition) is 4. The fraction of sp³-hybridized carbons (Fsp3) is 0.412. The number of nitrogens with zero attached hydrogens (tertiary/aromatic N) is 1. The van der Waals surface area contributed by atoms with E-state index in [2.05, 4.69) is 46.8 Å². The van der Waals surface area contributed by atoms with E-state index in [0.717, 1.165) is 30.8 Å². The van der Waals surface area contributed by atoms with Crippen molar-refractivity contribution in [1.82, 2.24) is 10.3 Å². The van der Waals surface area contributed by atoms with Gasteiger partial charge in [0.15, 0.2) is 5.13 Å². The molecule has 1 saturated heterocycles. The molecule has 1 amide bonds. The quantitative estimate of drug-likeness (QED) is 0.888. The maximum absolute atomic E-state index is 12.0. The zero-order chi connectivity index (χ0) is 15.4. The molecule has 1 unspecified atom stereocenters. The van der Waals surface area contributed by atoms with Crippen molar-refractivity contribution < 1.29 is 4.79 Å². The highest BCUT2D eigenvalue weighted by atomic mass is 32.1. The molecule has 22 heavy (non-hydrogen) atoms. The second-order valence-corrected chi connectivity index (χ2v) is 6.71. The summed E-state index contributed by atoms with van der Waals surface area (Å²) in [6, 6.07) is 8.26. The van der Waals surface area contributed by atoms with Crippen LogP contribution in [0.2, 0.25) is 0 Å². The first kappa shape index (κ1) is 15.2. The number of nitrogens with one attached hydrogen (secondary N) is 2. The van der Waals surface area contributed by atoms with Gasteiger partial charge in [0.2, 0.25) is 5.91 Å². The number of carbonyl (C=O) groups is 1. The van der Waals surface area contributed by atoms with E-state index in [-0.39, 0.29) is 5.91 Å². The van der Waals surface area contributed by atoms with Gasteiger partial charge in [-0.15, -0.1) is 11.3 Å². The molecule has 4 nitrogen and oxygen atoms in total. The molecule has 1 aromatic heterocycles. The Balaban J connectivity index is 1.54. The molecule has 1 fully saturated rings. The lowest BCUT2D eigenvalue weighted by molar-refractivity contribution is -0.116. The van der Waals surface area contributed by atoms with Crippen LogP contribution in [0, 0.1) is 12.8 Å². The van der Waals surface area contributed by atoms with E-state index in [4.69, 9.17) is 0 Å². The monoisotopic (exact) mass is 315 g/mol. The molecule has 3 rings (SSSR count). The topological polar surface area (TPSA) is 54.0 Å². The minimum atomic E-state index is 0.0664. The predicted molar refractivity (Wildman–Crippen MR) is 91.1 cm³/mol. The molecular weight excluding hydrogens is 294 g/mol. The van der Waals surface area contributed by atoms with Crippen LogP contribution >= 0.6 is 11.3 Å². The van der Waals surface area contributed by atoms with Crippen molar-refractivity contribution in [3.63, 3.8) is 0 Å². The van der Waals surface area contributed by atoms with Gasteiger partial charge in [-0.3, -0.25) is 4.79 Å². The molecule has 2 N–H and O–H groups in total. The Morgan fingerprint density at radius 2 is 2.23 bits per heavy atom. The van der Waals surface area contributed by atoms with Crippen molar-refractivity contribution in [1.29, 1.82) is 0 Å². The van der Waals surface area contributed by atoms with Gasteiger partial charge >= 0.3 is 0 Å². The molecule has 1 aliphatic rings. The number of benzene rings is 1. The first-order chi connectivity index (χ1) is 10.7. The molecule has 0 bridgehead atoms. The summed E-state index contributed by atoms with van der Waals surface area (Å²) < 4.78 is 0. The zero-order valence-corrected chi connectivity index (χ0v) is 13.6. The van der Waals surface area contributed by atoms with Crippen molar-refractivity contribution >= 4 is 22.4 Å². The molecule has 2 aromatic rings. The molecule has 0 radical (unpaired) electrons. The average molecular weight is 315 g/mol. The Morgan fingerprint density at radius 1 is 1.41 bits per heavy atom. The van der Waals surface area contributed by atoms with E-state index in [1.807, 2.05) is 5.38 Å². The van der Waals surface area contributed by atoms with Gasteiger partial charge in [-0.05, 0) is 38.8 Å². The summed E-state index contributed by atoms with van der Waals surface area (Å²) in [5.41, 5.74) is 3.23. The van der Waals surface area contributed by atoms with Crippen LogP contribution in [0.4, 0.5) is 5.13 Å². The summed E-state index contributed by atoms with van der Waals surface area (Å²) in [5.74, 6) is 0.710. The summed E-state index contributed by atoms with van der Waals surface area (Å²) in [5, 5.41) is 8.92. The van der Waals surface area contributed by atoms with Crippen LogP contribution in [-0.4, -0.2) is 24.0 Å². The highest BCUT2D eigenvalue weighted by molar-refractivity contribution is 7.14. The largest absolute Gasteiger partial charge is 0.316 e. The Hall–Kier alpha value is -1.72. The minimum Gasteiger partial charge on any atom is -0.316 e. The van der Waals surface area contributed by atoms with Crippen molar-refractivity contribution in [3.05, 3.63) is 35.2 Å². The number of anilines is 1. The van der Waals surface area contributed by atoms with E-state index >= 15 is 0 Å². The maximum atomic E-state index is 12.0. The Morgan fingerprint density at radius 3 is 2.95 bits per heavy atom. The zero-order valence-electron chi connectivity index (χ0n) is 12.8. The molecule has 0 spiro atoms. The van der Waals surface area contributed by atoms with Crippen LogP contribution in [0.15, 0.2) is 29.6 Å². The van der Waals surface area contributed by atoms with Gasteiger partial charge in [0.25, 0.3) is 0 Å². The van der Waals surface area contributed by atoms with E-state index in [0.29, 0.717) is 17.5 Å². The molecule has 5 heteroatoms. The van der Waals surface area contributed by atoms with Crippen LogP contribution in [0.1, 0.15) is 24.8 Å². The van der Waals surface area contributed by atoms with Crippen molar-refractivity contribution in [2.45, 2.75) is 26.2 Å². The standard InChI is InChI=1S/C17H21N3OS/c1-12-2-5-14(6-3-12)15-11-22-17(19-15)20-16(21)7-4-13-8-9-18-10-13/h2-3,5-6,11,13,18H,4,7-10H2,1H3,(H,19,20,21). The fourth-order valence-corrected chi connectivity index (χ4v) is 3.40. The molecule has 0 aliphatic carbocycles. The highest BCUT2D eigenvalue weighted by Crippen LogP contribution is 2.25. The first-order valence-electron chi connectivity index (χ1n) is 7.74. The van der Waals surface area contributed by atoms with Gasteiger partial charge < -0.3 is 10.6 Å². The predicted octanol–water partition coefficient (Wildman–Crippen LogP) is 3.45. The summed E-state index contributed by atoms with van der Waals surface area (Å²) in [6.07, 6.45) is 2.71. The van der Waals surface area contributed by atoms with E-state index in [1.54, 1.807) is 0 Å². The molecule has 1 aromatic carbocycles. The third kappa shape index (κ3) is 3.93. The van der Waals surface area contributed by atoms with E-state index in [1.165, 1.54) is 23.3 Å². The van der Waals surface area contributed by atoms with Gasteiger partial charge in [-0.2, -0.15) is 0 Å². The van der Waals surface area contributed by atoms with Gasteiger partial charge in [0.05, 0.1) is 5.69 Å². The lowest BCUT2D eigenvalue weighted by Gasteiger charge is -2.07. The molecule has 116 valence electrons. The highest BCUT2D eigenvalue weighted by Gasteiger charge is 2.16. The van der Waals surface area contributed by atoms with Gasteiger partial charge in [0, 0.05) is 17.4 Å². The van der Waals surface area contributed by atoms with Crippen LogP contribution in [0.25, 0.3) is 11.3 Å². The van der Waals surface area contributed by atoms with Gasteiger partial charge in [-0.25, -0.2) is 4.98 Å². The van der Waals surface area contributed by atoms with E-state index in [9.17, 15) is 4.79 Å². The SMILES string of the molecule is Cc1ccc(-c2csc(NC(=O)CCC3CCNC3)n2)cc1. The average Bonchev–Trinajstić information content (AvgIpc) is 3.17. The summed E-state index contributed by atoms with van der Waals surface area (Å²) in [4.78, 5) is 16.5. The lowest BCUT2D eigenvalue weighted by Crippen LogP contribution is -2.14. The first-order valence-corrected chi connectivity index (χ1v) is 8.62. The second kappa shape index (κ2) is 7.03. The number of amides is 1. The lowest BCUT2D eigenvalue weighted by atomic mass is 10.0. The number of hydrogen-bond donors (Lipinski definition) is 2. The molecule has 2 heterocycles. The second-order valence-electron chi connectivity index (χ2n) is 5.85. The summed E-state index contributed by atoms with van der Waals surface area (Å²) >= 11 is 1.48. The van der Waals surface area contributed by atoms with Crippen molar-refractivity contribution in [2.24, 2.45) is 5.92 Å². The van der Waals surface area contributed by atoms with E-state index < -0.39 is 0 Å². The van der Waals surface area contributed by atoms with Crippen molar-refractivity contribution in [3.8, 4) is 11.3 Å².